The molecule has 3 N–H and O–H groups in total. The van der Waals surface area contributed by atoms with Crippen LogP contribution in [0.4, 0.5) is 0 Å². The summed E-state index contributed by atoms with van der Waals surface area (Å²) in [5.74, 6) is -0.430. The zero-order valence-corrected chi connectivity index (χ0v) is 20.0. The number of ether oxygens (including phenoxy) is 1. The predicted molar refractivity (Wildman–Crippen MR) is 127 cm³/mol. The van der Waals surface area contributed by atoms with E-state index in [1.54, 1.807) is 0 Å². The minimum atomic E-state index is -1.05. The molecular weight excluding hydrogens is 464 g/mol. The lowest BCUT2D eigenvalue weighted by Gasteiger charge is -2.31. The Bertz CT molecular complexity index is 1110. The molecule has 0 aliphatic heterocycles. The Balaban J connectivity index is 1.85. The number of aliphatic hydroxyl groups is 2. The molecule has 10 nitrogen and oxygen atoms in total. The van der Waals surface area contributed by atoms with E-state index in [9.17, 15) is 24.6 Å². The summed E-state index contributed by atoms with van der Waals surface area (Å²) in [5.41, 5.74) is -1.41. The molecule has 1 saturated carbocycles. The Morgan fingerprint density at radius 3 is 2.62 bits per heavy atom. The Kier molecular flexibility index (Phi) is 9.01. The third-order valence-corrected chi connectivity index (χ3v) is 6.61. The summed E-state index contributed by atoms with van der Waals surface area (Å²) in [7, 11) is 1.40. The Labute approximate surface area is 202 Å². The van der Waals surface area contributed by atoms with Crippen LogP contribution in [-0.4, -0.2) is 63.4 Å². The molecule has 1 atom stereocenters. The van der Waals surface area contributed by atoms with Crippen LogP contribution < -0.4 is 16.6 Å². The topological polar surface area (TPSA) is 136 Å². The fourth-order valence-corrected chi connectivity index (χ4v) is 4.49. The van der Waals surface area contributed by atoms with Gasteiger partial charge < -0.3 is 20.3 Å². The largest absolute Gasteiger partial charge is 0.396 e. The second-order valence-corrected chi connectivity index (χ2v) is 9.22. The number of hydrogen-bond acceptors (Lipinski definition) is 7. The van der Waals surface area contributed by atoms with Crippen LogP contribution in [0.1, 0.15) is 48.9 Å². The summed E-state index contributed by atoms with van der Waals surface area (Å²) in [6.07, 6.45) is 5.85. The summed E-state index contributed by atoms with van der Waals surface area (Å²) < 4.78 is 6.67. The fraction of sp³-hybridized carbons (Fsp3) is 0.565. The van der Waals surface area contributed by atoms with Gasteiger partial charge in [0.05, 0.1) is 42.1 Å². The molecule has 0 saturated heterocycles. The van der Waals surface area contributed by atoms with E-state index in [1.165, 1.54) is 25.3 Å². The Hall–Kier alpha value is -2.53. The number of aliphatic hydroxyl groups excluding tert-OH is 2. The van der Waals surface area contributed by atoms with Crippen LogP contribution in [0.25, 0.3) is 5.69 Å². The number of hydrogen-bond donors (Lipinski definition) is 3. The molecule has 1 fully saturated rings. The minimum Gasteiger partial charge on any atom is -0.396 e. The van der Waals surface area contributed by atoms with E-state index in [0.717, 1.165) is 54.0 Å². The Morgan fingerprint density at radius 1 is 1.26 bits per heavy atom. The van der Waals surface area contributed by atoms with Crippen LogP contribution in [0.3, 0.4) is 0 Å². The van der Waals surface area contributed by atoms with Gasteiger partial charge in [0.15, 0.2) is 0 Å². The molecule has 1 aliphatic rings. The molecule has 0 radical (unpaired) electrons. The molecule has 1 aromatic carbocycles. The highest BCUT2D eigenvalue weighted by Crippen LogP contribution is 2.34. The van der Waals surface area contributed by atoms with Crippen molar-refractivity contribution < 1.29 is 19.7 Å². The van der Waals surface area contributed by atoms with Crippen LogP contribution >= 0.6 is 11.6 Å². The number of rotatable bonds is 9. The average molecular weight is 495 g/mol. The van der Waals surface area contributed by atoms with Crippen molar-refractivity contribution in [2.24, 2.45) is 5.41 Å². The van der Waals surface area contributed by atoms with Crippen molar-refractivity contribution in [3.63, 3.8) is 0 Å². The first-order valence-electron chi connectivity index (χ1n) is 11.4. The SMILES string of the molecule is COCC(O)Cn1c(=O)cnn(-c2ccc(Cl)c(C(=O)NCC3(CO)CCCCCC3)c2)c1=O. The van der Waals surface area contributed by atoms with Gasteiger partial charge >= 0.3 is 5.69 Å². The molecule has 0 bridgehead atoms. The minimum absolute atomic E-state index is 0.00314. The van der Waals surface area contributed by atoms with Gasteiger partial charge in [-0.05, 0) is 31.0 Å². The first-order chi connectivity index (χ1) is 16.3. The van der Waals surface area contributed by atoms with Gasteiger partial charge in [-0.25, -0.2) is 4.79 Å². The van der Waals surface area contributed by atoms with E-state index in [0.29, 0.717) is 6.54 Å². The number of methoxy groups -OCH3 is 1. The number of carbonyl (C=O) groups is 1. The lowest BCUT2D eigenvalue weighted by Crippen LogP contribution is -2.43. The Morgan fingerprint density at radius 2 is 1.97 bits per heavy atom. The summed E-state index contributed by atoms with van der Waals surface area (Å²) in [5, 5.41) is 26.9. The number of carbonyl (C=O) groups excluding carboxylic acids is 1. The maximum Gasteiger partial charge on any atom is 0.352 e. The highest BCUT2D eigenvalue weighted by Gasteiger charge is 2.31. The molecule has 34 heavy (non-hydrogen) atoms. The molecular formula is C23H31ClN4O6. The van der Waals surface area contributed by atoms with Gasteiger partial charge in [-0.2, -0.15) is 9.78 Å². The fourth-order valence-electron chi connectivity index (χ4n) is 4.29. The number of benzene rings is 1. The van der Waals surface area contributed by atoms with Crippen molar-refractivity contribution in [3.8, 4) is 5.69 Å². The van der Waals surface area contributed by atoms with Gasteiger partial charge in [-0.15, -0.1) is 0 Å². The predicted octanol–water partition coefficient (Wildman–Crippen LogP) is 1.12. The van der Waals surface area contributed by atoms with E-state index in [4.69, 9.17) is 16.3 Å². The van der Waals surface area contributed by atoms with Crippen molar-refractivity contribution in [3.05, 3.63) is 55.8 Å². The van der Waals surface area contributed by atoms with E-state index in [2.05, 4.69) is 10.4 Å². The number of aromatic nitrogens is 3. The van der Waals surface area contributed by atoms with Crippen molar-refractivity contribution in [2.45, 2.75) is 51.2 Å². The monoisotopic (exact) mass is 494 g/mol. The summed E-state index contributed by atoms with van der Waals surface area (Å²) in [6, 6.07) is 4.40. The lowest BCUT2D eigenvalue weighted by atomic mass is 9.81. The van der Waals surface area contributed by atoms with E-state index >= 15 is 0 Å². The van der Waals surface area contributed by atoms with E-state index in [-0.39, 0.29) is 41.4 Å². The first-order valence-corrected chi connectivity index (χ1v) is 11.7. The molecule has 3 rings (SSSR count). The molecule has 11 heteroatoms. The van der Waals surface area contributed by atoms with Gasteiger partial charge in [-0.3, -0.25) is 14.2 Å². The molecule has 186 valence electrons. The second kappa shape index (κ2) is 11.7. The van der Waals surface area contributed by atoms with Gasteiger partial charge in [0.1, 0.15) is 6.20 Å². The normalized spacial score (nSPS) is 16.6. The van der Waals surface area contributed by atoms with Crippen LogP contribution in [0.2, 0.25) is 5.02 Å². The first kappa shape index (κ1) is 26.1. The van der Waals surface area contributed by atoms with Crippen molar-refractivity contribution in [1.82, 2.24) is 19.7 Å². The zero-order valence-electron chi connectivity index (χ0n) is 19.2. The summed E-state index contributed by atoms with van der Waals surface area (Å²) >= 11 is 6.27. The maximum atomic E-state index is 13.0. The molecule has 0 spiro atoms. The molecule has 2 aromatic rings. The van der Waals surface area contributed by atoms with Gasteiger partial charge in [-0.1, -0.05) is 37.3 Å². The highest BCUT2D eigenvalue weighted by molar-refractivity contribution is 6.33. The van der Waals surface area contributed by atoms with E-state index in [1.807, 2.05) is 0 Å². The van der Waals surface area contributed by atoms with Gasteiger partial charge in [0.25, 0.3) is 11.5 Å². The smallest absolute Gasteiger partial charge is 0.352 e. The van der Waals surface area contributed by atoms with Crippen molar-refractivity contribution >= 4 is 17.5 Å². The number of nitrogens with one attached hydrogen (secondary N) is 1. The summed E-state index contributed by atoms with van der Waals surface area (Å²) in [6.45, 7) is 0.00713. The molecule has 1 heterocycles. The number of nitrogens with zero attached hydrogens (tertiary/aromatic N) is 3. The van der Waals surface area contributed by atoms with Crippen LogP contribution in [0.5, 0.6) is 0 Å². The number of amides is 1. The zero-order chi connectivity index (χ0) is 24.7. The van der Waals surface area contributed by atoms with Crippen LogP contribution in [0, 0.1) is 5.41 Å². The second-order valence-electron chi connectivity index (χ2n) is 8.82. The summed E-state index contributed by atoms with van der Waals surface area (Å²) in [4.78, 5) is 38.0. The number of halogens is 1. The molecule has 1 aliphatic carbocycles. The molecule has 1 amide bonds. The average Bonchev–Trinajstić information content (AvgIpc) is 3.07. The third-order valence-electron chi connectivity index (χ3n) is 6.28. The highest BCUT2D eigenvalue weighted by atomic mass is 35.5. The van der Waals surface area contributed by atoms with E-state index < -0.39 is 23.3 Å². The standard InChI is InChI=1S/C23H31ClN4O6/c1-34-13-17(30)12-27-20(31)11-26-28(22(27)33)16-6-7-19(24)18(10-16)21(32)25-14-23(15-29)8-4-2-3-5-9-23/h6-7,10-11,17,29-30H,2-5,8-9,12-15H2,1H3,(H,25,32). The van der Waals surface area contributed by atoms with Crippen LogP contribution in [-0.2, 0) is 11.3 Å². The third kappa shape index (κ3) is 6.12. The molecule has 1 unspecified atom stereocenters. The lowest BCUT2D eigenvalue weighted by molar-refractivity contribution is 0.0519. The van der Waals surface area contributed by atoms with Gasteiger partial charge in [0.2, 0.25) is 0 Å². The van der Waals surface area contributed by atoms with Crippen molar-refractivity contribution in [2.75, 3.05) is 26.9 Å². The van der Waals surface area contributed by atoms with Crippen LogP contribution in [0.15, 0.2) is 34.0 Å². The van der Waals surface area contributed by atoms with Crippen molar-refractivity contribution in [1.29, 1.82) is 0 Å². The van der Waals surface area contributed by atoms with Gasteiger partial charge in [0, 0.05) is 19.1 Å². The molecule has 1 aromatic heterocycles. The quantitative estimate of drug-likeness (QED) is 0.444. The maximum absolute atomic E-state index is 13.0.